The van der Waals surface area contributed by atoms with E-state index < -0.39 is 10.0 Å². The smallest absolute Gasteiger partial charge is 0.261 e. The number of sulfonamides is 1. The molecule has 1 heterocycles. The maximum Gasteiger partial charge on any atom is 0.261 e. The molecule has 7 nitrogen and oxygen atoms in total. The lowest BCUT2D eigenvalue weighted by Crippen LogP contribution is -2.12. The number of rotatable bonds is 7. The highest BCUT2D eigenvalue weighted by atomic mass is 32.2. The van der Waals surface area contributed by atoms with Crippen LogP contribution in [0.2, 0.25) is 0 Å². The minimum absolute atomic E-state index is 0.0861. The van der Waals surface area contributed by atoms with Crippen LogP contribution in [-0.2, 0) is 14.8 Å². The maximum atomic E-state index is 12.5. The summed E-state index contributed by atoms with van der Waals surface area (Å²) in [5.74, 6) is 0.493. The van der Waals surface area contributed by atoms with Crippen molar-refractivity contribution in [2.75, 3.05) is 17.1 Å². The summed E-state index contributed by atoms with van der Waals surface area (Å²) in [7, 11) is -2.21. The average Bonchev–Trinajstić information content (AvgIpc) is 3.03. The lowest BCUT2D eigenvalue weighted by atomic mass is 10.3. The van der Waals surface area contributed by atoms with Crippen molar-refractivity contribution >= 4 is 48.3 Å². The van der Waals surface area contributed by atoms with Gasteiger partial charge in [-0.1, -0.05) is 18.3 Å². The fourth-order valence-corrected chi connectivity index (χ4v) is 4.33. The van der Waals surface area contributed by atoms with Crippen molar-refractivity contribution in [3.8, 4) is 5.75 Å². The molecule has 2 aromatic carbocycles. The molecule has 0 saturated heterocycles. The number of fused-ring (bicyclic) bond motifs is 1. The summed E-state index contributed by atoms with van der Waals surface area (Å²) in [6.45, 7) is 1.93. The van der Waals surface area contributed by atoms with Crippen LogP contribution in [0.1, 0.15) is 19.8 Å². The van der Waals surface area contributed by atoms with Gasteiger partial charge in [0.05, 0.1) is 27.9 Å². The van der Waals surface area contributed by atoms with Gasteiger partial charge in [-0.2, -0.15) is 0 Å². The van der Waals surface area contributed by atoms with Gasteiger partial charge in [-0.15, -0.1) is 0 Å². The molecule has 0 bridgehead atoms. The Morgan fingerprint density at radius 2 is 1.93 bits per heavy atom. The van der Waals surface area contributed by atoms with E-state index in [1.807, 2.05) is 6.92 Å². The van der Waals surface area contributed by atoms with Crippen LogP contribution >= 0.6 is 11.3 Å². The van der Waals surface area contributed by atoms with E-state index >= 15 is 0 Å². The molecule has 3 aromatic rings. The Labute approximate surface area is 161 Å². The number of ether oxygens (including phenoxy) is 1. The number of nitrogens with zero attached hydrogens (tertiary/aromatic N) is 1. The minimum atomic E-state index is -3.73. The van der Waals surface area contributed by atoms with Gasteiger partial charge in [0.2, 0.25) is 5.91 Å². The summed E-state index contributed by atoms with van der Waals surface area (Å²) in [6.07, 6.45) is 1.19. The first-order valence-corrected chi connectivity index (χ1v) is 10.6. The molecule has 0 aliphatic rings. The zero-order valence-corrected chi connectivity index (χ0v) is 16.5. The number of nitrogens with one attached hydrogen (secondary N) is 2. The summed E-state index contributed by atoms with van der Waals surface area (Å²) < 4.78 is 33.5. The van der Waals surface area contributed by atoms with Gasteiger partial charge in [-0.25, -0.2) is 13.4 Å². The minimum Gasteiger partial charge on any atom is -0.497 e. The van der Waals surface area contributed by atoms with E-state index in [2.05, 4.69) is 15.0 Å². The number of hydrogen-bond acceptors (Lipinski definition) is 6. The Morgan fingerprint density at radius 1 is 1.19 bits per heavy atom. The first-order chi connectivity index (χ1) is 12.9. The van der Waals surface area contributed by atoms with Crippen molar-refractivity contribution < 1.29 is 17.9 Å². The molecule has 0 radical (unpaired) electrons. The summed E-state index contributed by atoms with van der Waals surface area (Å²) in [4.78, 5) is 16.2. The van der Waals surface area contributed by atoms with Crippen LogP contribution in [-0.4, -0.2) is 26.4 Å². The Kier molecular flexibility index (Phi) is 5.62. The van der Waals surface area contributed by atoms with Crippen molar-refractivity contribution in [3.63, 3.8) is 0 Å². The second kappa shape index (κ2) is 7.93. The highest BCUT2D eigenvalue weighted by Crippen LogP contribution is 2.29. The fourth-order valence-electron chi connectivity index (χ4n) is 2.42. The third kappa shape index (κ3) is 4.55. The summed E-state index contributed by atoms with van der Waals surface area (Å²) in [5, 5.41) is 3.25. The van der Waals surface area contributed by atoms with Crippen molar-refractivity contribution in [2.45, 2.75) is 24.7 Å². The Balaban J connectivity index is 1.80. The lowest BCUT2D eigenvalue weighted by Gasteiger charge is -2.08. The Bertz CT molecular complexity index is 1060. The molecule has 0 aliphatic heterocycles. The van der Waals surface area contributed by atoms with E-state index in [-0.39, 0.29) is 10.8 Å². The number of methoxy groups -OCH3 is 1. The topological polar surface area (TPSA) is 97.4 Å². The first-order valence-electron chi connectivity index (χ1n) is 8.28. The van der Waals surface area contributed by atoms with E-state index in [0.717, 1.165) is 11.1 Å². The number of amides is 1. The number of carbonyl (C=O) groups excluding carboxylic acids is 1. The normalized spacial score (nSPS) is 11.3. The van der Waals surface area contributed by atoms with E-state index in [1.54, 1.807) is 30.3 Å². The summed E-state index contributed by atoms with van der Waals surface area (Å²) in [6, 6.07) is 11.2. The third-order valence-corrected chi connectivity index (χ3v) is 6.08. The molecule has 0 atom stereocenters. The van der Waals surface area contributed by atoms with E-state index in [9.17, 15) is 13.2 Å². The van der Waals surface area contributed by atoms with Gasteiger partial charge in [-0.3, -0.25) is 9.52 Å². The fraction of sp³-hybridized carbons (Fsp3) is 0.222. The molecular weight excluding hydrogens is 386 g/mol. The SMILES string of the molecule is CCCC(=O)Nc1nc2cc(NS(=O)(=O)c3ccc(OC)cc3)ccc2s1. The van der Waals surface area contributed by atoms with E-state index in [4.69, 9.17) is 4.74 Å². The molecule has 1 aromatic heterocycles. The van der Waals surface area contributed by atoms with Crippen LogP contribution < -0.4 is 14.8 Å². The monoisotopic (exact) mass is 405 g/mol. The zero-order valence-electron chi connectivity index (χ0n) is 14.9. The van der Waals surface area contributed by atoms with Crippen LogP contribution in [0.15, 0.2) is 47.4 Å². The first kappa shape index (κ1) is 19.1. The zero-order chi connectivity index (χ0) is 19.4. The largest absolute Gasteiger partial charge is 0.497 e. The molecule has 0 fully saturated rings. The second-order valence-corrected chi connectivity index (χ2v) is 8.49. The quantitative estimate of drug-likeness (QED) is 0.622. The van der Waals surface area contributed by atoms with Crippen LogP contribution in [0.4, 0.5) is 10.8 Å². The van der Waals surface area contributed by atoms with Crippen LogP contribution in [0.5, 0.6) is 5.75 Å². The average molecular weight is 406 g/mol. The molecule has 0 aliphatic carbocycles. The molecule has 3 rings (SSSR count). The summed E-state index contributed by atoms with van der Waals surface area (Å²) in [5.41, 5.74) is 1.01. The number of benzene rings is 2. The van der Waals surface area contributed by atoms with Crippen LogP contribution in [0, 0.1) is 0 Å². The third-order valence-electron chi connectivity index (χ3n) is 3.73. The molecule has 2 N–H and O–H groups in total. The Hall–Kier alpha value is -2.65. The van der Waals surface area contributed by atoms with E-state index in [1.165, 1.54) is 30.6 Å². The molecule has 0 spiro atoms. The molecule has 9 heteroatoms. The van der Waals surface area contributed by atoms with E-state index in [0.29, 0.717) is 28.5 Å². The van der Waals surface area contributed by atoms with Gasteiger partial charge < -0.3 is 10.1 Å². The van der Waals surface area contributed by atoms with Gasteiger partial charge in [0, 0.05) is 6.42 Å². The molecule has 142 valence electrons. The van der Waals surface area contributed by atoms with Gasteiger partial charge in [0.25, 0.3) is 10.0 Å². The molecular formula is C18H19N3O4S2. The Morgan fingerprint density at radius 3 is 2.59 bits per heavy atom. The van der Waals surface area contributed by atoms with Gasteiger partial charge in [-0.05, 0) is 48.9 Å². The standard InChI is InChI=1S/C18H19N3O4S2/c1-3-4-17(22)20-18-19-15-11-12(5-10-16(15)26-18)21-27(23,24)14-8-6-13(25-2)7-9-14/h5-11,21H,3-4H2,1-2H3,(H,19,20,22). The number of anilines is 2. The predicted octanol–water partition coefficient (Wildman–Crippen LogP) is 3.84. The maximum absolute atomic E-state index is 12.5. The highest BCUT2D eigenvalue weighted by molar-refractivity contribution is 7.92. The van der Waals surface area contributed by atoms with Crippen molar-refractivity contribution in [1.82, 2.24) is 4.98 Å². The lowest BCUT2D eigenvalue weighted by molar-refractivity contribution is -0.116. The van der Waals surface area contributed by atoms with Crippen molar-refractivity contribution in [2.24, 2.45) is 0 Å². The number of hydrogen-bond donors (Lipinski definition) is 2. The number of aromatic nitrogens is 1. The number of thiazole rings is 1. The van der Waals surface area contributed by atoms with Crippen LogP contribution in [0.25, 0.3) is 10.2 Å². The summed E-state index contributed by atoms with van der Waals surface area (Å²) >= 11 is 1.34. The molecule has 0 saturated carbocycles. The molecule has 27 heavy (non-hydrogen) atoms. The highest BCUT2D eigenvalue weighted by Gasteiger charge is 2.15. The molecule has 0 unspecified atom stereocenters. The van der Waals surface area contributed by atoms with Gasteiger partial charge in [0.15, 0.2) is 5.13 Å². The van der Waals surface area contributed by atoms with Gasteiger partial charge in [0.1, 0.15) is 5.75 Å². The van der Waals surface area contributed by atoms with Crippen LogP contribution in [0.3, 0.4) is 0 Å². The van der Waals surface area contributed by atoms with Gasteiger partial charge >= 0.3 is 0 Å². The number of carbonyl (C=O) groups is 1. The predicted molar refractivity (Wildman–Crippen MR) is 107 cm³/mol. The molecule has 1 amide bonds. The second-order valence-electron chi connectivity index (χ2n) is 5.78. The van der Waals surface area contributed by atoms with Crippen molar-refractivity contribution in [3.05, 3.63) is 42.5 Å². The van der Waals surface area contributed by atoms with Crippen molar-refractivity contribution in [1.29, 1.82) is 0 Å².